The summed E-state index contributed by atoms with van der Waals surface area (Å²) in [7, 11) is 0. The molecule has 0 aliphatic carbocycles. The number of hydrogen-bond donors (Lipinski definition) is 0. The highest BCUT2D eigenvalue weighted by Gasteiger charge is 2.34. The Kier molecular flexibility index (Phi) is 5.39. The maximum atomic E-state index is 12.2. The second-order valence-corrected chi connectivity index (χ2v) is 3.29. The highest BCUT2D eigenvalue weighted by molar-refractivity contribution is 9.08. The Morgan fingerprint density at radius 2 is 2.00 bits per heavy atom. The van der Waals surface area contributed by atoms with Crippen LogP contribution >= 0.6 is 44.5 Å². The molecule has 1 aromatic rings. The van der Waals surface area contributed by atoms with Crippen LogP contribution in [-0.2, 0) is 11.5 Å². The predicted octanol–water partition coefficient (Wildman–Crippen LogP) is 4.23. The first kappa shape index (κ1) is 14.2. The van der Waals surface area contributed by atoms with Gasteiger partial charge >= 0.3 is 6.18 Å². The smallest absolute Gasteiger partial charge is 0.250 e. The molecule has 0 spiro atoms. The van der Waals surface area contributed by atoms with E-state index in [9.17, 15) is 13.2 Å². The minimum absolute atomic E-state index is 0. The largest absolute Gasteiger partial charge is 0.433 e. The van der Waals surface area contributed by atoms with Crippen molar-refractivity contribution in [3.05, 3.63) is 28.5 Å². The van der Waals surface area contributed by atoms with Gasteiger partial charge in [0, 0.05) is 11.5 Å². The molecule has 0 saturated carbocycles. The van der Waals surface area contributed by atoms with Crippen molar-refractivity contribution >= 4 is 44.5 Å². The number of pyridine rings is 1. The van der Waals surface area contributed by atoms with E-state index in [1.165, 1.54) is 6.07 Å². The highest BCUT2D eigenvalue weighted by atomic mass is 79.9. The molecule has 1 nitrogen and oxygen atoms in total. The Labute approximate surface area is 103 Å². The summed E-state index contributed by atoms with van der Waals surface area (Å²) in [6.45, 7) is 0. The SMILES string of the molecule is Br.FC(F)(F)c1ncc(Cl)cc1CBr. The molecule has 7 heteroatoms. The lowest BCUT2D eigenvalue weighted by molar-refractivity contribution is -0.141. The molecule has 0 amide bonds. The van der Waals surface area contributed by atoms with Gasteiger partial charge in [-0.3, -0.25) is 0 Å². The van der Waals surface area contributed by atoms with Crippen molar-refractivity contribution in [3.8, 4) is 0 Å². The van der Waals surface area contributed by atoms with Gasteiger partial charge in [-0.05, 0) is 11.6 Å². The van der Waals surface area contributed by atoms with Crippen molar-refractivity contribution in [2.45, 2.75) is 11.5 Å². The number of rotatable bonds is 1. The van der Waals surface area contributed by atoms with Crippen LogP contribution in [0.4, 0.5) is 13.2 Å². The molecule has 80 valence electrons. The lowest BCUT2D eigenvalue weighted by Crippen LogP contribution is -2.10. The van der Waals surface area contributed by atoms with E-state index >= 15 is 0 Å². The monoisotopic (exact) mass is 353 g/mol. The highest BCUT2D eigenvalue weighted by Crippen LogP contribution is 2.32. The molecule has 1 heterocycles. The zero-order chi connectivity index (χ0) is 10.1. The van der Waals surface area contributed by atoms with E-state index in [0.29, 0.717) is 0 Å². The molecule has 0 N–H and O–H groups in total. The predicted molar refractivity (Wildman–Crippen MR) is 57.2 cm³/mol. The molecule has 0 unspecified atom stereocenters. The molecular formula is C7H5Br2ClF3N. The third-order valence-corrected chi connectivity index (χ3v) is 2.16. The Hall–Kier alpha value is 0.190. The standard InChI is InChI=1S/C7H4BrClF3N.BrH/c8-2-4-1-5(9)3-13-6(4)7(10,11)12;/h1,3H,2H2;1H. The summed E-state index contributed by atoms with van der Waals surface area (Å²) in [4.78, 5) is 3.23. The Morgan fingerprint density at radius 3 is 2.43 bits per heavy atom. The molecule has 14 heavy (non-hydrogen) atoms. The third-order valence-electron chi connectivity index (χ3n) is 1.35. The number of hydrogen-bond acceptors (Lipinski definition) is 1. The molecular weight excluding hydrogens is 350 g/mol. The van der Waals surface area contributed by atoms with Gasteiger partial charge in [0.1, 0.15) is 5.69 Å². The van der Waals surface area contributed by atoms with E-state index in [1.807, 2.05) is 0 Å². The minimum Gasteiger partial charge on any atom is -0.250 e. The molecule has 0 radical (unpaired) electrons. The van der Waals surface area contributed by atoms with Gasteiger partial charge in [0.2, 0.25) is 0 Å². The van der Waals surface area contributed by atoms with Crippen LogP contribution in [0.2, 0.25) is 5.02 Å². The van der Waals surface area contributed by atoms with Crippen LogP contribution in [0.3, 0.4) is 0 Å². The molecule has 0 atom stereocenters. The third kappa shape index (κ3) is 3.40. The van der Waals surface area contributed by atoms with E-state index in [0.717, 1.165) is 6.20 Å². The van der Waals surface area contributed by atoms with Crippen molar-refractivity contribution in [2.24, 2.45) is 0 Å². The fourth-order valence-electron chi connectivity index (χ4n) is 0.838. The van der Waals surface area contributed by atoms with Gasteiger partial charge in [-0.1, -0.05) is 27.5 Å². The average molecular weight is 355 g/mol. The Bertz CT molecular complexity index is 316. The Morgan fingerprint density at radius 1 is 1.43 bits per heavy atom. The molecule has 1 rings (SSSR count). The molecule has 1 aromatic heterocycles. The maximum Gasteiger partial charge on any atom is 0.433 e. The topological polar surface area (TPSA) is 12.9 Å². The van der Waals surface area contributed by atoms with E-state index in [1.54, 1.807) is 0 Å². The van der Waals surface area contributed by atoms with E-state index < -0.39 is 11.9 Å². The van der Waals surface area contributed by atoms with Gasteiger partial charge < -0.3 is 0 Å². The molecule has 0 saturated heterocycles. The minimum atomic E-state index is -4.42. The van der Waals surface area contributed by atoms with Crippen molar-refractivity contribution in [1.82, 2.24) is 4.98 Å². The van der Waals surface area contributed by atoms with Crippen molar-refractivity contribution in [3.63, 3.8) is 0 Å². The van der Waals surface area contributed by atoms with Gasteiger partial charge in [-0.15, -0.1) is 17.0 Å². The van der Waals surface area contributed by atoms with Crippen LogP contribution < -0.4 is 0 Å². The lowest BCUT2D eigenvalue weighted by atomic mass is 10.2. The summed E-state index contributed by atoms with van der Waals surface area (Å²) < 4.78 is 36.7. The molecule has 0 aliphatic rings. The summed E-state index contributed by atoms with van der Waals surface area (Å²) in [6, 6.07) is 1.24. The number of alkyl halides is 4. The maximum absolute atomic E-state index is 12.2. The van der Waals surface area contributed by atoms with Gasteiger partial charge in [0.05, 0.1) is 5.02 Å². The summed E-state index contributed by atoms with van der Waals surface area (Å²) >= 11 is 8.43. The fourth-order valence-corrected chi connectivity index (χ4v) is 1.45. The van der Waals surface area contributed by atoms with Crippen LogP contribution in [0.1, 0.15) is 11.3 Å². The van der Waals surface area contributed by atoms with Gasteiger partial charge in [0.25, 0.3) is 0 Å². The normalized spacial score (nSPS) is 10.9. The van der Waals surface area contributed by atoms with E-state index in [-0.39, 0.29) is 32.9 Å². The Balaban J connectivity index is 0.00000169. The van der Waals surface area contributed by atoms with Crippen LogP contribution in [0, 0.1) is 0 Å². The second-order valence-electron chi connectivity index (χ2n) is 2.29. The molecule has 0 aliphatic heterocycles. The number of nitrogens with zero attached hydrogens (tertiary/aromatic N) is 1. The molecule has 0 bridgehead atoms. The van der Waals surface area contributed by atoms with Gasteiger partial charge in [-0.2, -0.15) is 13.2 Å². The number of aromatic nitrogens is 1. The summed E-state index contributed by atoms with van der Waals surface area (Å²) in [5.74, 6) is 0. The van der Waals surface area contributed by atoms with Gasteiger partial charge in [0.15, 0.2) is 0 Å². The zero-order valence-corrected chi connectivity index (χ0v) is 10.7. The van der Waals surface area contributed by atoms with Crippen LogP contribution in [-0.4, -0.2) is 4.98 Å². The van der Waals surface area contributed by atoms with Crippen LogP contribution in [0.25, 0.3) is 0 Å². The fraction of sp³-hybridized carbons (Fsp3) is 0.286. The van der Waals surface area contributed by atoms with E-state index in [4.69, 9.17) is 11.6 Å². The summed E-state index contributed by atoms with van der Waals surface area (Å²) in [5, 5.41) is 0.275. The summed E-state index contributed by atoms with van der Waals surface area (Å²) in [5.41, 5.74) is -0.853. The van der Waals surface area contributed by atoms with Crippen molar-refractivity contribution < 1.29 is 13.2 Å². The average Bonchev–Trinajstić information content (AvgIpc) is 2.01. The van der Waals surface area contributed by atoms with Crippen LogP contribution in [0.15, 0.2) is 12.3 Å². The quantitative estimate of drug-likeness (QED) is 0.687. The van der Waals surface area contributed by atoms with E-state index in [2.05, 4.69) is 20.9 Å². The van der Waals surface area contributed by atoms with Crippen molar-refractivity contribution in [1.29, 1.82) is 0 Å². The first-order valence-corrected chi connectivity index (χ1v) is 4.72. The zero-order valence-electron chi connectivity index (χ0n) is 6.61. The first-order valence-electron chi connectivity index (χ1n) is 3.22. The first-order chi connectivity index (χ1) is 5.95. The molecule has 0 aromatic carbocycles. The number of halogens is 6. The second kappa shape index (κ2) is 5.32. The summed E-state index contributed by atoms with van der Waals surface area (Å²) in [6.07, 6.45) is -3.44. The molecule has 0 fully saturated rings. The van der Waals surface area contributed by atoms with Crippen molar-refractivity contribution in [2.75, 3.05) is 0 Å². The lowest BCUT2D eigenvalue weighted by Gasteiger charge is -2.09. The van der Waals surface area contributed by atoms with Gasteiger partial charge in [-0.25, -0.2) is 4.98 Å². The van der Waals surface area contributed by atoms with Crippen LogP contribution in [0.5, 0.6) is 0 Å².